The van der Waals surface area contributed by atoms with Crippen LogP contribution in [0.25, 0.3) is 44.1 Å². The predicted molar refractivity (Wildman–Crippen MR) is 157 cm³/mol. The highest BCUT2D eigenvalue weighted by molar-refractivity contribution is 5.86. The molecule has 7 heterocycles. The first kappa shape index (κ1) is 23.0. The number of hydrogen-bond acceptors (Lipinski definition) is 8. The van der Waals surface area contributed by atoms with E-state index < -0.39 is 0 Å². The lowest BCUT2D eigenvalue weighted by molar-refractivity contribution is 0.231. The van der Waals surface area contributed by atoms with E-state index in [9.17, 15) is 0 Å². The molecule has 2 atom stereocenters. The third-order valence-electron chi connectivity index (χ3n) is 8.72. The van der Waals surface area contributed by atoms with Crippen molar-refractivity contribution in [2.45, 2.75) is 18.5 Å². The van der Waals surface area contributed by atoms with Gasteiger partial charge in [-0.2, -0.15) is 10.2 Å². The van der Waals surface area contributed by atoms with Crippen LogP contribution in [0, 0.1) is 0 Å². The highest BCUT2D eigenvalue weighted by Crippen LogP contribution is 2.47. The Morgan fingerprint density at radius 3 is 1.93 bits per heavy atom. The van der Waals surface area contributed by atoms with Crippen molar-refractivity contribution in [3.05, 3.63) is 73.3 Å². The number of anilines is 2. The Morgan fingerprint density at radius 1 is 0.732 bits per heavy atom. The fourth-order valence-corrected chi connectivity index (χ4v) is 6.57. The highest BCUT2D eigenvalue weighted by Gasteiger charge is 2.38. The quantitative estimate of drug-likeness (QED) is 0.284. The SMILES string of the molecule is c1cc2[nH]ncc2cc1-c1cnc2c(c1)Oc1cc(-c3ccc4[nH]ncc4c3)cnc1N2CCN1C[C@H]2C[C@@H]1CN2. The first-order valence-corrected chi connectivity index (χ1v) is 14.1. The van der Waals surface area contributed by atoms with E-state index in [1.165, 1.54) is 6.42 Å². The summed E-state index contributed by atoms with van der Waals surface area (Å²) in [6, 6.07) is 17.9. The standard InChI is InChI=1S/C31H27N9O/c1-3-26-22(14-35-37-26)7-18(1)20-9-28-30(33-12-20)40(6-5-39-17-24-11-25(39)16-32-24)31-29(41-28)10-21(13-34-31)19-2-4-27-23(8-19)15-36-38-27/h1-4,7-10,12-15,24-25,32H,5-6,11,16-17H2,(H,35,37)(H,36,38)/t24-,25-/m1/s1. The molecule has 2 aromatic carbocycles. The molecule has 6 aromatic rings. The van der Waals surface area contributed by atoms with E-state index in [2.05, 4.69) is 71.9 Å². The van der Waals surface area contributed by atoms with Crippen LogP contribution < -0.4 is 15.0 Å². The van der Waals surface area contributed by atoms with Gasteiger partial charge in [0.15, 0.2) is 23.1 Å². The van der Waals surface area contributed by atoms with Gasteiger partial charge in [0, 0.05) is 72.6 Å². The summed E-state index contributed by atoms with van der Waals surface area (Å²) in [7, 11) is 0. The summed E-state index contributed by atoms with van der Waals surface area (Å²) < 4.78 is 6.57. The van der Waals surface area contributed by atoms with Gasteiger partial charge in [0.2, 0.25) is 0 Å². The van der Waals surface area contributed by atoms with Crippen molar-refractivity contribution in [3.8, 4) is 33.8 Å². The van der Waals surface area contributed by atoms with E-state index in [0.717, 1.165) is 93.4 Å². The van der Waals surface area contributed by atoms with Crippen molar-refractivity contribution >= 4 is 33.4 Å². The first-order valence-electron chi connectivity index (χ1n) is 14.1. The Hall–Kier alpha value is -4.80. The molecule has 0 radical (unpaired) electrons. The monoisotopic (exact) mass is 541 g/mol. The molecule has 10 heteroatoms. The molecular formula is C31H27N9O. The Morgan fingerprint density at radius 2 is 1.37 bits per heavy atom. The number of nitrogens with zero attached hydrogens (tertiary/aromatic N) is 6. The lowest BCUT2D eigenvalue weighted by Crippen LogP contribution is -2.46. The van der Waals surface area contributed by atoms with Crippen molar-refractivity contribution in [2.24, 2.45) is 0 Å². The van der Waals surface area contributed by atoms with Gasteiger partial charge in [0.05, 0.1) is 23.4 Å². The van der Waals surface area contributed by atoms with Crippen molar-refractivity contribution in [3.63, 3.8) is 0 Å². The topological polar surface area (TPSA) is 111 Å². The molecule has 2 bridgehead atoms. The van der Waals surface area contributed by atoms with Crippen LogP contribution in [-0.2, 0) is 0 Å². The molecular weight excluding hydrogens is 514 g/mol. The van der Waals surface area contributed by atoms with Crippen LogP contribution in [0.15, 0.2) is 73.3 Å². The molecule has 3 aliphatic heterocycles. The first-order chi connectivity index (χ1) is 20.2. The average Bonchev–Trinajstić information content (AvgIpc) is 3.83. The maximum Gasteiger partial charge on any atom is 0.177 e. The summed E-state index contributed by atoms with van der Waals surface area (Å²) in [5, 5.41) is 20.1. The minimum Gasteiger partial charge on any atom is -0.450 e. The summed E-state index contributed by atoms with van der Waals surface area (Å²) in [5.74, 6) is 3.06. The smallest absolute Gasteiger partial charge is 0.177 e. The molecule has 0 spiro atoms. The van der Waals surface area contributed by atoms with Crippen LogP contribution in [0.5, 0.6) is 11.5 Å². The number of rotatable bonds is 5. The van der Waals surface area contributed by atoms with Crippen LogP contribution >= 0.6 is 0 Å². The number of fused-ring (bicyclic) bond motifs is 6. The number of pyridine rings is 2. The molecule has 0 unspecified atom stereocenters. The Kier molecular flexibility index (Phi) is 4.96. The number of piperazine rings is 1. The van der Waals surface area contributed by atoms with Gasteiger partial charge >= 0.3 is 0 Å². The second kappa shape index (κ2) is 8.85. The van der Waals surface area contributed by atoms with E-state index in [-0.39, 0.29) is 0 Å². The van der Waals surface area contributed by atoms with Gasteiger partial charge in [-0.05, 0) is 53.9 Å². The Balaban J connectivity index is 1.10. The zero-order valence-electron chi connectivity index (χ0n) is 22.2. The second-order valence-corrected chi connectivity index (χ2v) is 11.2. The summed E-state index contributed by atoms with van der Waals surface area (Å²) in [4.78, 5) is 14.7. The maximum atomic E-state index is 6.57. The number of H-pyrrole nitrogens is 2. The van der Waals surface area contributed by atoms with Gasteiger partial charge in [0.25, 0.3) is 0 Å². The average molecular weight is 542 g/mol. The summed E-state index contributed by atoms with van der Waals surface area (Å²) in [6.45, 7) is 3.91. The molecule has 0 amide bonds. The molecule has 2 saturated heterocycles. The fourth-order valence-electron chi connectivity index (χ4n) is 6.57. The number of benzene rings is 2. The second-order valence-electron chi connectivity index (χ2n) is 11.2. The van der Waals surface area contributed by atoms with Gasteiger partial charge in [-0.3, -0.25) is 15.1 Å². The van der Waals surface area contributed by atoms with Crippen molar-refractivity contribution in [2.75, 3.05) is 31.1 Å². The van der Waals surface area contributed by atoms with Crippen LogP contribution in [0.2, 0.25) is 0 Å². The number of hydrogen-bond donors (Lipinski definition) is 3. The van der Waals surface area contributed by atoms with Crippen molar-refractivity contribution in [1.82, 2.24) is 40.6 Å². The number of aromatic nitrogens is 6. The van der Waals surface area contributed by atoms with Crippen LogP contribution in [0.3, 0.4) is 0 Å². The molecule has 9 rings (SSSR count). The lowest BCUT2D eigenvalue weighted by Gasteiger charge is -2.34. The fraction of sp³-hybridized carbons (Fsp3) is 0.226. The highest BCUT2D eigenvalue weighted by atomic mass is 16.5. The molecule has 0 aliphatic carbocycles. The number of nitrogens with one attached hydrogen (secondary N) is 3. The van der Waals surface area contributed by atoms with Gasteiger partial charge < -0.3 is 15.0 Å². The van der Waals surface area contributed by atoms with Crippen molar-refractivity contribution in [1.29, 1.82) is 0 Å². The third-order valence-corrected chi connectivity index (χ3v) is 8.72. The number of ether oxygens (including phenoxy) is 1. The summed E-state index contributed by atoms with van der Waals surface area (Å²) in [5.41, 5.74) is 6.13. The van der Waals surface area contributed by atoms with E-state index >= 15 is 0 Å². The molecule has 10 nitrogen and oxygen atoms in total. The maximum absolute atomic E-state index is 6.57. The van der Waals surface area contributed by atoms with Crippen LogP contribution in [0.1, 0.15) is 6.42 Å². The Labute approximate surface area is 235 Å². The largest absolute Gasteiger partial charge is 0.450 e. The number of aromatic amines is 2. The third kappa shape index (κ3) is 3.79. The summed E-state index contributed by atoms with van der Waals surface area (Å²) in [6.07, 6.45) is 8.78. The lowest BCUT2D eigenvalue weighted by atomic mass is 10.0. The normalized spacial score (nSPS) is 19.6. The van der Waals surface area contributed by atoms with Gasteiger partial charge in [0.1, 0.15) is 0 Å². The molecule has 3 N–H and O–H groups in total. The van der Waals surface area contributed by atoms with Gasteiger partial charge in [-0.15, -0.1) is 0 Å². The van der Waals surface area contributed by atoms with Crippen LogP contribution in [0.4, 0.5) is 11.6 Å². The minimum absolute atomic E-state index is 0.612. The van der Waals surface area contributed by atoms with E-state index in [0.29, 0.717) is 12.1 Å². The van der Waals surface area contributed by atoms with E-state index in [1.807, 2.05) is 36.9 Å². The van der Waals surface area contributed by atoms with E-state index in [4.69, 9.17) is 14.7 Å². The predicted octanol–water partition coefficient (Wildman–Crippen LogP) is 4.85. The summed E-state index contributed by atoms with van der Waals surface area (Å²) >= 11 is 0. The van der Waals surface area contributed by atoms with E-state index in [1.54, 1.807) is 0 Å². The molecule has 41 heavy (non-hydrogen) atoms. The zero-order valence-corrected chi connectivity index (χ0v) is 22.2. The molecule has 202 valence electrons. The van der Waals surface area contributed by atoms with Gasteiger partial charge in [-0.1, -0.05) is 12.1 Å². The Bertz CT molecular complexity index is 1820. The van der Waals surface area contributed by atoms with Crippen LogP contribution in [-0.4, -0.2) is 73.5 Å². The molecule has 3 aliphatic rings. The minimum atomic E-state index is 0.612. The zero-order chi connectivity index (χ0) is 26.9. The molecule has 0 saturated carbocycles. The van der Waals surface area contributed by atoms with Crippen molar-refractivity contribution < 1.29 is 4.74 Å². The van der Waals surface area contributed by atoms with Gasteiger partial charge in [-0.25, -0.2) is 9.97 Å². The molecule has 2 fully saturated rings. The number of likely N-dealkylation sites (tertiary alicyclic amines) is 1. The molecule has 4 aromatic heterocycles.